The Hall–Kier alpha value is -7.16. The number of para-hydroxylation sites is 1. The second kappa shape index (κ2) is 11.9. The molecule has 0 saturated heterocycles. The van der Waals surface area contributed by atoms with Crippen LogP contribution in [0.1, 0.15) is 25.0 Å². The maximum atomic E-state index is 7.39. The summed E-state index contributed by atoms with van der Waals surface area (Å²) in [7, 11) is 0. The summed E-state index contributed by atoms with van der Waals surface area (Å²) in [6.45, 7) is 4.72. The Bertz CT molecular complexity index is 3450. The quantitative estimate of drug-likeness (QED) is 0.168. The molecule has 268 valence electrons. The second-order valence-electron chi connectivity index (χ2n) is 16.0. The molecule has 1 aliphatic rings. The van der Waals surface area contributed by atoms with Crippen molar-refractivity contribution in [3.63, 3.8) is 0 Å². The zero-order valence-corrected chi connectivity index (χ0v) is 31.8. The second-order valence-corrected chi connectivity index (χ2v) is 16.0. The fourth-order valence-electron chi connectivity index (χ4n) is 9.93. The molecule has 0 radical (unpaired) electrons. The lowest BCUT2D eigenvalue weighted by molar-refractivity contribution is 0.660. The lowest BCUT2D eigenvalue weighted by atomic mass is 9.82. The van der Waals surface area contributed by atoms with Gasteiger partial charge in [0.05, 0.1) is 11.4 Å². The topological polar surface area (TPSA) is 16.4 Å². The Morgan fingerprint density at radius 1 is 0.368 bits per heavy atom. The monoisotopic (exact) mass is 727 g/mol. The number of furan rings is 1. The van der Waals surface area contributed by atoms with Gasteiger partial charge in [-0.3, -0.25) is 0 Å². The molecule has 11 aromatic rings. The van der Waals surface area contributed by atoms with E-state index < -0.39 is 0 Å². The van der Waals surface area contributed by atoms with Gasteiger partial charge in [-0.15, -0.1) is 0 Å². The van der Waals surface area contributed by atoms with Crippen molar-refractivity contribution in [3.8, 4) is 22.3 Å². The van der Waals surface area contributed by atoms with Crippen molar-refractivity contribution >= 4 is 82.1 Å². The average Bonchev–Trinajstić information content (AvgIpc) is 3.74. The van der Waals surface area contributed by atoms with E-state index in [2.05, 4.69) is 207 Å². The Balaban J connectivity index is 1.19. The minimum Gasteiger partial charge on any atom is -0.453 e. The normalized spacial score (nSPS) is 13.2. The van der Waals surface area contributed by atoms with Crippen LogP contribution in [0.4, 0.5) is 17.1 Å². The van der Waals surface area contributed by atoms with Crippen LogP contribution >= 0.6 is 0 Å². The molecule has 0 bridgehead atoms. The van der Waals surface area contributed by atoms with Gasteiger partial charge >= 0.3 is 0 Å². The molecule has 1 aliphatic carbocycles. The summed E-state index contributed by atoms with van der Waals surface area (Å²) in [5.41, 5.74) is 12.5. The Kier molecular flexibility index (Phi) is 6.72. The molecule has 0 unspecified atom stereocenters. The number of rotatable bonds is 4. The molecule has 0 atom stereocenters. The predicted molar refractivity (Wildman–Crippen MR) is 241 cm³/mol. The third-order valence-corrected chi connectivity index (χ3v) is 12.6. The number of nitrogens with zero attached hydrogens (tertiary/aromatic N) is 1. The molecule has 57 heavy (non-hydrogen) atoms. The van der Waals surface area contributed by atoms with E-state index in [1.807, 2.05) is 0 Å². The van der Waals surface area contributed by atoms with E-state index in [0.717, 1.165) is 44.6 Å². The molecular weight excluding hydrogens is 691 g/mol. The number of anilines is 3. The molecule has 0 N–H and O–H groups in total. The van der Waals surface area contributed by atoms with Gasteiger partial charge in [0, 0.05) is 32.8 Å². The molecule has 10 aromatic carbocycles. The molecular formula is C55H37NO. The van der Waals surface area contributed by atoms with E-state index in [9.17, 15) is 0 Å². The standard InChI is InChI=1S/C55H37NO/c1-55(2)48-27-12-11-23-42(48)43-30-29-37(33-49(43)55)56(51-32-36-17-4-7-20-39(36)41-22-9-10-24-44(41)51)50-28-14-26-46-47-31-35-16-5-8-21-40(35)52(54(47)57-53(46)50)45-25-13-18-34-15-3-6-19-38(34)45/h3-33H,1-2H3. The van der Waals surface area contributed by atoms with E-state index in [0.29, 0.717) is 0 Å². The number of benzene rings is 10. The van der Waals surface area contributed by atoms with Gasteiger partial charge in [-0.25, -0.2) is 0 Å². The van der Waals surface area contributed by atoms with E-state index in [1.165, 1.54) is 70.9 Å². The average molecular weight is 728 g/mol. The van der Waals surface area contributed by atoms with Crippen LogP contribution in [0.15, 0.2) is 192 Å². The minimum absolute atomic E-state index is 0.155. The molecule has 0 saturated carbocycles. The molecule has 0 spiro atoms. The number of fused-ring (bicyclic) bond motifs is 11. The third kappa shape index (κ3) is 4.59. The van der Waals surface area contributed by atoms with Crippen LogP contribution in [0.3, 0.4) is 0 Å². The minimum atomic E-state index is -0.155. The summed E-state index contributed by atoms with van der Waals surface area (Å²) in [4.78, 5) is 2.45. The van der Waals surface area contributed by atoms with Gasteiger partial charge in [-0.2, -0.15) is 0 Å². The van der Waals surface area contributed by atoms with Crippen LogP contribution in [0, 0.1) is 0 Å². The fraction of sp³-hybridized carbons (Fsp3) is 0.0545. The number of hydrogen-bond donors (Lipinski definition) is 0. The van der Waals surface area contributed by atoms with Crippen LogP contribution in [0.2, 0.25) is 0 Å². The third-order valence-electron chi connectivity index (χ3n) is 12.6. The van der Waals surface area contributed by atoms with Gasteiger partial charge in [0.15, 0.2) is 5.58 Å². The summed E-state index contributed by atoms with van der Waals surface area (Å²) in [5.74, 6) is 0. The van der Waals surface area contributed by atoms with E-state index in [1.54, 1.807) is 0 Å². The summed E-state index contributed by atoms with van der Waals surface area (Å²) >= 11 is 0. The molecule has 2 nitrogen and oxygen atoms in total. The van der Waals surface area contributed by atoms with Crippen molar-refractivity contribution in [1.29, 1.82) is 0 Å². The summed E-state index contributed by atoms with van der Waals surface area (Å²) < 4.78 is 7.39. The van der Waals surface area contributed by atoms with E-state index in [-0.39, 0.29) is 5.41 Å². The van der Waals surface area contributed by atoms with Gasteiger partial charge in [0.1, 0.15) is 5.58 Å². The maximum Gasteiger partial charge on any atom is 0.159 e. The van der Waals surface area contributed by atoms with Gasteiger partial charge < -0.3 is 9.32 Å². The van der Waals surface area contributed by atoms with Crippen LogP contribution in [-0.4, -0.2) is 0 Å². The highest BCUT2D eigenvalue weighted by Gasteiger charge is 2.36. The summed E-state index contributed by atoms with van der Waals surface area (Å²) in [6, 6.07) is 68.9. The van der Waals surface area contributed by atoms with Crippen molar-refractivity contribution in [1.82, 2.24) is 0 Å². The Morgan fingerprint density at radius 2 is 0.965 bits per heavy atom. The first kappa shape index (κ1) is 32.1. The van der Waals surface area contributed by atoms with Crippen molar-refractivity contribution in [2.75, 3.05) is 4.90 Å². The highest BCUT2D eigenvalue weighted by molar-refractivity contribution is 6.23. The molecule has 0 aliphatic heterocycles. The Morgan fingerprint density at radius 3 is 1.81 bits per heavy atom. The molecule has 0 fully saturated rings. The van der Waals surface area contributed by atoms with Crippen LogP contribution in [-0.2, 0) is 5.41 Å². The van der Waals surface area contributed by atoms with Crippen molar-refractivity contribution in [2.24, 2.45) is 0 Å². The van der Waals surface area contributed by atoms with Crippen molar-refractivity contribution in [3.05, 3.63) is 199 Å². The lowest BCUT2D eigenvalue weighted by Crippen LogP contribution is -2.16. The summed E-state index contributed by atoms with van der Waals surface area (Å²) in [6.07, 6.45) is 0. The highest BCUT2D eigenvalue weighted by atomic mass is 16.3. The van der Waals surface area contributed by atoms with E-state index >= 15 is 0 Å². The van der Waals surface area contributed by atoms with Crippen LogP contribution < -0.4 is 4.90 Å². The Labute approximate surface area is 330 Å². The smallest absolute Gasteiger partial charge is 0.159 e. The van der Waals surface area contributed by atoms with Gasteiger partial charge in [-0.1, -0.05) is 172 Å². The molecule has 12 rings (SSSR count). The lowest BCUT2D eigenvalue weighted by Gasteiger charge is -2.29. The van der Waals surface area contributed by atoms with E-state index in [4.69, 9.17) is 4.42 Å². The maximum absolute atomic E-state index is 7.39. The summed E-state index contributed by atoms with van der Waals surface area (Å²) in [5, 5.41) is 11.9. The zero-order chi connectivity index (χ0) is 37.8. The largest absolute Gasteiger partial charge is 0.453 e. The first-order valence-corrected chi connectivity index (χ1v) is 19.8. The van der Waals surface area contributed by atoms with Crippen molar-refractivity contribution < 1.29 is 4.42 Å². The van der Waals surface area contributed by atoms with Crippen molar-refractivity contribution in [2.45, 2.75) is 19.3 Å². The number of hydrogen-bond acceptors (Lipinski definition) is 2. The predicted octanol–water partition coefficient (Wildman–Crippen LogP) is 15.6. The molecule has 1 aromatic heterocycles. The van der Waals surface area contributed by atoms with Gasteiger partial charge in [0.2, 0.25) is 0 Å². The first-order chi connectivity index (χ1) is 28.0. The fourth-order valence-corrected chi connectivity index (χ4v) is 9.93. The highest BCUT2D eigenvalue weighted by Crippen LogP contribution is 2.53. The van der Waals surface area contributed by atoms with Crippen LogP contribution in [0.25, 0.3) is 87.3 Å². The first-order valence-electron chi connectivity index (χ1n) is 19.8. The van der Waals surface area contributed by atoms with Gasteiger partial charge in [-0.05, 0) is 95.9 Å². The molecule has 1 heterocycles. The molecule has 2 heteroatoms. The zero-order valence-electron chi connectivity index (χ0n) is 31.8. The van der Waals surface area contributed by atoms with Gasteiger partial charge in [0.25, 0.3) is 0 Å². The van der Waals surface area contributed by atoms with Crippen LogP contribution in [0.5, 0.6) is 0 Å². The SMILES string of the molecule is CC1(C)c2ccccc2-c2ccc(N(c3cc4ccccc4c4ccccc34)c3cccc4c3oc3c(-c5cccc6ccccc56)c5ccccc5cc34)cc21. The molecule has 0 amide bonds.